The van der Waals surface area contributed by atoms with Gasteiger partial charge in [-0.15, -0.1) is 0 Å². The zero-order chi connectivity index (χ0) is 15.2. The van der Waals surface area contributed by atoms with Gasteiger partial charge in [-0.1, -0.05) is 31.2 Å². The first-order valence-electron chi connectivity index (χ1n) is 7.83. The number of pyridine rings is 1. The number of hydrogen-bond acceptors (Lipinski definition) is 2. The molecular weight excluding hydrogens is 256 g/mol. The standard InChI is InChI=1S/C19H26N2/c1-5-11-21-19(17-10-7-12-20-16(17)4)13-18-14(2)8-6-9-15(18)3/h6-10,12,19,21H,5,11,13H2,1-4H3. The van der Waals surface area contributed by atoms with Crippen LogP contribution in [0.2, 0.25) is 0 Å². The van der Waals surface area contributed by atoms with Crippen molar-refractivity contribution in [3.8, 4) is 0 Å². The summed E-state index contributed by atoms with van der Waals surface area (Å²) in [5, 5.41) is 3.69. The van der Waals surface area contributed by atoms with Gasteiger partial charge in [0.2, 0.25) is 0 Å². The van der Waals surface area contributed by atoms with E-state index in [4.69, 9.17) is 0 Å². The average molecular weight is 282 g/mol. The Labute approximate surface area is 128 Å². The van der Waals surface area contributed by atoms with E-state index in [0.29, 0.717) is 6.04 Å². The Morgan fingerprint density at radius 3 is 2.38 bits per heavy atom. The van der Waals surface area contributed by atoms with Crippen molar-refractivity contribution < 1.29 is 0 Å². The van der Waals surface area contributed by atoms with E-state index in [1.54, 1.807) is 0 Å². The van der Waals surface area contributed by atoms with Gasteiger partial charge in [0, 0.05) is 17.9 Å². The lowest BCUT2D eigenvalue weighted by Gasteiger charge is -2.22. The normalized spacial score (nSPS) is 12.4. The first-order chi connectivity index (χ1) is 10.1. The molecule has 0 saturated heterocycles. The summed E-state index contributed by atoms with van der Waals surface area (Å²) in [6.45, 7) is 9.74. The van der Waals surface area contributed by atoms with Crippen molar-refractivity contribution >= 4 is 0 Å². The minimum atomic E-state index is 0.332. The van der Waals surface area contributed by atoms with Crippen LogP contribution in [0.25, 0.3) is 0 Å². The Kier molecular flexibility index (Phi) is 5.51. The molecule has 1 aromatic heterocycles. The molecule has 0 bridgehead atoms. The molecule has 0 aliphatic heterocycles. The Morgan fingerprint density at radius 2 is 1.76 bits per heavy atom. The average Bonchev–Trinajstić information content (AvgIpc) is 2.47. The zero-order valence-corrected chi connectivity index (χ0v) is 13.6. The van der Waals surface area contributed by atoms with Gasteiger partial charge in [-0.05, 0) is 68.5 Å². The highest BCUT2D eigenvalue weighted by atomic mass is 14.9. The smallest absolute Gasteiger partial charge is 0.0420 e. The minimum absolute atomic E-state index is 0.332. The highest BCUT2D eigenvalue weighted by Crippen LogP contribution is 2.24. The third-order valence-corrected chi connectivity index (χ3v) is 4.12. The van der Waals surface area contributed by atoms with Gasteiger partial charge in [0.25, 0.3) is 0 Å². The van der Waals surface area contributed by atoms with Crippen LogP contribution >= 0.6 is 0 Å². The van der Waals surface area contributed by atoms with Crippen LogP contribution in [0.4, 0.5) is 0 Å². The summed E-state index contributed by atoms with van der Waals surface area (Å²) in [6.07, 6.45) is 4.03. The van der Waals surface area contributed by atoms with Gasteiger partial charge < -0.3 is 5.32 Å². The molecule has 2 aromatic rings. The van der Waals surface area contributed by atoms with Crippen LogP contribution in [-0.2, 0) is 6.42 Å². The number of rotatable bonds is 6. The molecule has 1 aromatic carbocycles. The van der Waals surface area contributed by atoms with E-state index >= 15 is 0 Å². The SMILES string of the molecule is CCCNC(Cc1c(C)cccc1C)c1cccnc1C. The molecular formula is C19H26N2. The molecule has 0 saturated carbocycles. The van der Waals surface area contributed by atoms with Crippen LogP contribution in [0, 0.1) is 20.8 Å². The summed E-state index contributed by atoms with van der Waals surface area (Å²) in [5.74, 6) is 0. The van der Waals surface area contributed by atoms with E-state index in [0.717, 1.165) is 25.1 Å². The molecule has 0 amide bonds. The zero-order valence-electron chi connectivity index (χ0n) is 13.6. The Balaban J connectivity index is 2.31. The summed E-state index contributed by atoms with van der Waals surface area (Å²) < 4.78 is 0. The van der Waals surface area contributed by atoms with E-state index < -0.39 is 0 Å². The molecule has 1 unspecified atom stereocenters. The van der Waals surface area contributed by atoms with Gasteiger partial charge in [-0.2, -0.15) is 0 Å². The van der Waals surface area contributed by atoms with E-state index in [-0.39, 0.29) is 0 Å². The maximum atomic E-state index is 4.45. The lowest BCUT2D eigenvalue weighted by molar-refractivity contribution is 0.523. The monoisotopic (exact) mass is 282 g/mol. The predicted octanol–water partition coefficient (Wildman–Crippen LogP) is 4.29. The second-order valence-electron chi connectivity index (χ2n) is 5.76. The molecule has 2 nitrogen and oxygen atoms in total. The number of nitrogens with one attached hydrogen (secondary N) is 1. The predicted molar refractivity (Wildman–Crippen MR) is 89.6 cm³/mol. The largest absolute Gasteiger partial charge is 0.310 e. The first kappa shape index (κ1) is 15.7. The van der Waals surface area contributed by atoms with Crippen molar-refractivity contribution in [2.24, 2.45) is 0 Å². The number of hydrogen-bond donors (Lipinski definition) is 1. The number of benzene rings is 1. The van der Waals surface area contributed by atoms with E-state index in [1.165, 1.54) is 22.3 Å². The van der Waals surface area contributed by atoms with Crippen LogP contribution in [0.3, 0.4) is 0 Å². The molecule has 1 N–H and O–H groups in total. The second kappa shape index (κ2) is 7.37. The van der Waals surface area contributed by atoms with Gasteiger partial charge in [0.05, 0.1) is 0 Å². The molecule has 2 heteroatoms. The van der Waals surface area contributed by atoms with Gasteiger partial charge in [0.1, 0.15) is 0 Å². The van der Waals surface area contributed by atoms with Crippen molar-refractivity contribution in [2.75, 3.05) is 6.54 Å². The van der Waals surface area contributed by atoms with Crippen molar-refractivity contribution in [2.45, 2.75) is 46.6 Å². The molecule has 0 aliphatic rings. The van der Waals surface area contributed by atoms with E-state index in [9.17, 15) is 0 Å². The number of aromatic nitrogens is 1. The first-order valence-corrected chi connectivity index (χ1v) is 7.83. The molecule has 2 rings (SSSR count). The fourth-order valence-electron chi connectivity index (χ4n) is 2.85. The Hall–Kier alpha value is -1.67. The Morgan fingerprint density at radius 1 is 1.05 bits per heavy atom. The molecule has 0 fully saturated rings. The van der Waals surface area contributed by atoms with E-state index in [2.05, 4.69) is 62.3 Å². The molecule has 0 aliphatic carbocycles. The van der Waals surface area contributed by atoms with Crippen LogP contribution in [0.5, 0.6) is 0 Å². The van der Waals surface area contributed by atoms with Crippen LogP contribution in [-0.4, -0.2) is 11.5 Å². The highest BCUT2D eigenvalue weighted by Gasteiger charge is 2.16. The molecule has 1 atom stereocenters. The van der Waals surface area contributed by atoms with Gasteiger partial charge in [-0.3, -0.25) is 4.98 Å². The van der Waals surface area contributed by atoms with Gasteiger partial charge in [-0.25, -0.2) is 0 Å². The fraction of sp³-hybridized carbons (Fsp3) is 0.421. The van der Waals surface area contributed by atoms with Crippen molar-refractivity contribution in [3.63, 3.8) is 0 Å². The highest BCUT2D eigenvalue weighted by molar-refractivity contribution is 5.36. The second-order valence-corrected chi connectivity index (χ2v) is 5.76. The third kappa shape index (κ3) is 3.92. The van der Waals surface area contributed by atoms with Crippen molar-refractivity contribution in [1.82, 2.24) is 10.3 Å². The summed E-state index contributed by atoms with van der Waals surface area (Å²) in [6, 6.07) is 11.1. The fourth-order valence-corrected chi connectivity index (χ4v) is 2.85. The van der Waals surface area contributed by atoms with Crippen LogP contribution < -0.4 is 5.32 Å². The molecule has 0 radical (unpaired) electrons. The maximum absolute atomic E-state index is 4.45. The molecule has 1 heterocycles. The number of aryl methyl sites for hydroxylation is 3. The van der Waals surface area contributed by atoms with Crippen molar-refractivity contribution in [1.29, 1.82) is 0 Å². The summed E-state index contributed by atoms with van der Waals surface area (Å²) in [4.78, 5) is 4.45. The maximum Gasteiger partial charge on any atom is 0.0420 e. The van der Waals surface area contributed by atoms with Gasteiger partial charge >= 0.3 is 0 Å². The molecule has 0 spiro atoms. The quantitative estimate of drug-likeness (QED) is 0.855. The lowest BCUT2D eigenvalue weighted by Crippen LogP contribution is -2.25. The molecule has 112 valence electrons. The topological polar surface area (TPSA) is 24.9 Å². The summed E-state index contributed by atoms with van der Waals surface area (Å²) in [5.41, 5.74) is 6.64. The minimum Gasteiger partial charge on any atom is -0.310 e. The summed E-state index contributed by atoms with van der Waals surface area (Å²) >= 11 is 0. The molecule has 21 heavy (non-hydrogen) atoms. The van der Waals surface area contributed by atoms with Crippen LogP contribution in [0.1, 0.15) is 47.3 Å². The third-order valence-electron chi connectivity index (χ3n) is 4.12. The van der Waals surface area contributed by atoms with Crippen molar-refractivity contribution in [3.05, 3.63) is 64.5 Å². The lowest BCUT2D eigenvalue weighted by atomic mass is 9.92. The van der Waals surface area contributed by atoms with E-state index in [1.807, 2.05) is 12.3 Å². The van der Waals surface area contributed by atoms with Gasteiger partial charge in [0.15, 0.2) is 0 Å². The Bertz CT molecular complexity index is 570. The van der Waals surface area contributed by atoms with Crippen LogP contribution in [0.15, 0.2) is 36.5 Å². The number of nitrogens with zero attached hydrogens (tertiary/aromatic N) is 1. The summed E-state index contributed by atoms with van der Waals surface area (Å²) in [7, 11) is 0.